The van der Waals surface area contributed by atoms with Gasteiger partial charge in [-0.15, -0.1) is 13.2 Å². The number of amides is 1. The van der Waals surface area contributed by atoms with Gasteiger partial charge in [0.1, 0.15) is 11.8 Å². The van der Waals surface area contributed by atoms with Gasteiger partial charge in [-0.25, -0.2) is 5.43 Å². The molecule has 24 heavy (non-hydrogen) atoms. The summed E-state index contributed by atoms with van der Waals surface area (Å²) in [4.78, 5) is 12.2. The average Bonchev–Trinajstić information content (AvgIpc) is 2.92. The van der Waals surface area contributed by atoms with Gasteiger partial charge in [-0.05, 0) is 24.8 Å². The third-order valence-electron chi connectivity index (χ3n) is 3.71. The van der Waals surface area contributed by atoms with E-state index in [-0.39, 0.29) is 29.8 Å². The molecule has 5 nitrogen and oxygen atoms in total. The van der Waals surface area contributed by atoms with Crippen LogP contribution in [-0.4, -0.2) is 24.4 Å². The molecule has 0 bridgehead atoms. The Labute approximate surface area is 138 Å². The van der Waals surface area contributed by atoms with Crippen LogP contribution in [0.1, 0.15) is 32.3 Å². The zero-order valence-electron chi connectivity index (χ0n) is 13.6. The van der Waals surface area contributed by atoms with E-state index in [4.69, 9.17) is 0 Å². The van der Waals surface area contributed by atoms with E-state index in [0.29, 0.717) is 12.3 Å². The predicted molar refractivity (Wildman–Crippen MR) is 82.9 cm³/mol. The summed E-state index contributed by atoms with van der Waals surface area (Å²) in [6.07, 6.45) is -3.18. The summed E-state index contributed by atoms with van der Waals surface area (Å²) in [5.74, 6) is -0.0476. The number of para-hydroxylation sites is 1. The molecule has 1 saturated heterocycles. The molecule has 2 atom stereocenters. The lowest BCUT2D eigenvalue weighted by molar-refractivity contribution is -0.274. The number of benzene rings is 1. The van der Waals surface area contributed by atoms with E-state index in [9.17, 15) is 18.0 Å². The average molecular weight is 345 g/mol. The van der Waals surface area contributed by atoms with Crippen molar-refractivity contribution in [1.29, 1.82) is 0 Å². The normalized spacial score (nSPS) is 21.1. The number of alkyl halides is 3. The Hall–Kier alpha value is -1.80. The summed E-state index contributed by atoms with van der Waals surface area (Å²) < 4.78 is 41.1. The maximum absolute atomic E-state index is 12.4. The molecule has 2 unspecified atom stereocenters. The van der Waals surface area contributed by atoms with Crippen molar-refractivity contribution >= 4 is 5.91 Å². The van der Waals surface area contributed by atoms with Crippen LogP contribution in [-0.2, 0) is 11.3 Å². The van der Waals surface area contributed by atoms with Gasteiger partial charge < -0.3 is 10.1 Å². The molecule has 1 heterocycles. The maximum atomic E-state index is 12.4. The lowest BCUT2D eigenvalue weighted by Gasteiger charge is -2.15. The van der Waals surface area contributed by atoms with Crippen LogP contribution in [0.5, 0.6) is 5.75 Å². The first-order valence-corrected chi connectivity index (χ1v) is 7.87. The number of rotatable bonds is 6. The molecular weight excluding hydrogens is 323 g/mol. The van der Waals surface area contributed by atoms with E-state index in [2.05, 4.69) is 34.8 Å². The van der Waals surface area contributed by atoms with Crippen LogP contribution < -0.4 is 20.9 Å². The monoisotopic (exact) mass is 345 g/mol. The van der Waals surface area contributed by atoms with Crippen molar-refractivity contribution in [3.63, 3.8) is 0 Å². The molecule has 1 aliphatic rings. The first-order chi connectivity index (χ1) is 11.2. The fourth-order valence-electron chi connectivity index (χ4n) is 2.70. The molecule has 0 spiro atoms. The highest BCUT2D eigenvalue weighted by Crippen LogP contribution is 2.26. The number of ether oxygens (including phenoxy) is 1. The van der Waals surface area contributed by atoms with Crippen LogP contribution in [0.3, 0.4) is 0 Å². The fourth-order valence-corrected chi connectivity index (χ4v) is 2.70. The van der Waals surface area contributed by atoms with E-state index in [1.54, 1.807) is 6.07 Å². The van der Waals surface area contributed by atoms with E-state index in [0.717, 1.165) is 6.42 Å². The molecule has 0 saturated carbocycles. The van der Waals surface area contributed by atoms with Crippen molar-refractivity contribution in [2.45, 2.75) is 51.7 Å². The summed E-state index contributed by atoms with van der Waals surface area (Å²) in [7, 11) is 0. The number of hydrogen-bond acceptors (Lipinski definition) is 4. The van der Waals surface area contributed by atoms with Gasteiger partial charge in [-0.3, -0.25) is 10.2 Å². The van der Waals surface area contributed by atoms with Crippen LogP contribution in [0.2, 0.25) is 0 Å². The van der Waals surface area contributed by atoms with Crippen molar-refractivity contribution in [2.24, 2.45) is 5.92 Å². The first kappa shape index (κ1) is 18.5. The zero-order valence-corrected chi connectivity index (χ0v) is 13.6. The maximum Gasteiger partial charge on any atom is 0.573 e. The van der Waals surface area contributed by atoms with Crippen molar-refractivity contribution in [3.05, 3.63) is 29.8 Å². The zero-order chi connectivity index (χ0) is 17.7. The molecule has 2 rings (SSSR count). The second kappa shape index (κ2) is 7.85. The van der Waals surface area contributed by atoms with Crippen LogP contribution in [0, 0.1) is 5.92 Å². The second-order valence-electron chi connectivity index (χ2n) is 6.28. The first-order valence-electron chi connectivity index (χ1n) is 7.87. The van der Waals surface area contributed by atoms with Crippen molar-refractivity contribution in [1.82, 2.24) is 16.2 Å². The Balaban J connectivity index is 1.89. The van der Waals surface area contributed by atoms with Gasteiger partial charge in [0.15, 0.2) is 0 Å². The van der Waals surface area contributed by atoms with Gasteiger partial charge in [0.25, 0.3) is 0 Å². The van der Waals surface area contributed by atoms with Crippen LogP contribution in [0.25, 0.3) is 0 Å². The third kappa shape index (κ3) is 5.68. The van der Waals surface area contributed by atoms with E-state index in [1.807, 2.05) is 0 Å². The summed E-state index contributed by atoms with van der Waals surface area (Å²) >= 11 is 0. The van der Waals surface area contributed by atoms with Crippen molar-refractivity contribution in [2.75, 3.05) is 0 Å². The van der Waals surface area contributed by atoms with Gasteiger partial charge in [0.05, 0.1) is 0 Å². The lowest BCUT2D eigenvalue weighted by atomic mass is 10.00. The lowest BCUT2D eigenvalue weighted by Crippen LogP contribution is -2.43. The van der Waals surface area contributed by atoms with Crippen LogP contribution in [0.4, 0.5) is 13.2 Å². The Kier molecular flexibility index (Phi) is 6.06. The summed E-state index contributed by atoms with van der Waals surface area (Å²) in [6, 6.07) is 5.57. The molecule has 1 aromatic rings. The van der Waals surface area contributed by atoms with E-state index in [1.165, 1.54) is 18.2 Å². The number of hydrazine groups is 1. The molecule has 1 fully saturated rings. The number of hydrogen-bond donors (Lipinski definition) is 3. The van der Waals surface area contributed by atoms with Crippen LogP contribution >= 0.6 is 0 Å². The summed E-state index contributed by atoms with van der Waals surface area (Å²) in [5, 5.41) is 2.65. The number of carbonyl (C=O) groups excluding carboxylic acids is 1. The minimum absolute atomic E-state index is 0.0296. The largest absolute Gasteiger partial charge is 0.573 e. The van der Waals surface area contributed by atoms with Crippen molar-refractivity contribution in [3.8, 4) is 5.75 Å². The summed E-state index contributed by atoms with van der Waals surface area (Å²) in [5.41, 5.74) is 6.27. The van der Waals surface area contributed by atoms with Gasteiger partial charge in [0.2, 0.25) is 5.91 Å². The minimum Gasteiger partial charge on any atom is -0.405 e. The number of carbonyl (C=O) groups is 1. The molecule has 0 aromatic heterocycles. The van der Waals surface area contributed by atoms with Gasteiger partial charge in [-0.2, -0.15) is 0 Å². The van der Waals surface area contributed by atoms with Gasteiger partial charge >= 0.3 is 6.36 Å². The molecule has 0 radical (unpaired) electrons. The molecule has 0 aliphatic carbocycles. The SMILES string of the molecule is CC(C)CC1CC(C(=O)NCc2ccccc2OC(F)(F)F)NN1. The molecule has 134 valence electrons. The predicted octanol–water partition coefficient (Wildman–Crippen LogP) is 2.48. The van der Waals surface area contributed by atoms with Crippen LogP contribution in [0.15, 0.2) is 24.3 Å². The molecular formula is C16H22F3N3O2. The highest BCUT2D eigenvalue weighted by molar-refractivity contribution is 5.82. The highest BCUT2D eigenvalue weighted by Gasteiger charge is 2.32. The van der Waals surface area contributed by atoms with E-state index < -0.39 is 12.4 Å². The Bertz CT molecular complexity index is 564. The number of nitrogens with one attached hydrogen (secondary N) is 3. The summed E-state index contributed by atoms with van der Waals surface area (Å²) in [6.45, 7) is 4.18. The molecule has 1 amide bonds. The second-order valence-corrected chi connectivity index (χ2v) is 6.28. The standard InChI is InChI=1S/C16H22F3N3O2/c1-10(2)7-12-8-13(22-21-12)15(23)20-9-11-5-3-4-6-14(11)24-16(17,18)19/h3-6,10,12-13,21-22H,7-9H2,1-2H3,(H,20,23). The minimum atomic E-state index is -4.76. The van der Waals surface area contributed by atoms with E-state index >= 15 is 0 Å². The Morgan fingerprint density at radius 1 is 1.33 bits per heavy atom. The Morgan fingerprint density at radius 3 is 2.71 bits per heavy atom. The third-order valence-corrected chi connectivity index (χ3v) is 3.71. The highest BCUT2D eigenvalue weighted by atomic mass is 19.4. The number of halogens is 3. The Morgan fingerprint density at radius 2 is 2.04 bits per heavy atom. The quantitative estimate of drug-likeness (QED) is 0.741. The molecule has 1 aromatic carbocycles. The molecule has 3 N–H and O–H groups in total. The topological polar surface area (TPSA) is 62.4 Å². The molecule has 8 heteroatoms. The van der Waals surface area contributed by atoms with Gasteiger partial charge in [0, 0.05) is 18.2 Å². The van der Waals surface area contributed by atoms with Gasteiger partial charge in [-0.1, -0.05) is 32.0 Å². The molecule has 1 aliphatic heterocycles. The fraction of sp³-hybridized carbons (Fsp3) is 0.562. The smallest absolute Gasteiger partial charge is 0.405 e. The van der Waals surface area contributed by atoms with Crippen molar-refractivity contribution < 1.29 is 22.7 Å².